The zero-order valence-electron chi connectivity index (χ0n) is 9.62. The Morgan fingerprint density at radius 3 is 2.24 bits per heavy atom. The third-order valence-corrected chi connectivity index (χ3v) is 2.98. The van der Waals surface area contributed by atoms with Gasteiger partial charge in [-0.3, -0.25) is 9.59 Å². The van der Waals surface area contributed by atoms with E-state index >= 15 is 0 Å². The fourth-order valence-corrected chi connectivity index (χ4v) is 1.77. The molecule has 1 aromatic carbocycles. The molecule has 92 valence electrons. The van der Waals surface area contributed by atoms with Gasteiger partial charge in [-0.15, -0.1) is 0 Å². The van der Waals surface area contributed by atoms with E-state index in [0.717, 1.165) is 10.0 Å². The Balaban J connectivity index is 2.30. The summed E-state index contributed by atoms with van der Waals surface area (Å²) in [5.74, 6) is 0.179. The maximum Gasteiger partial charge on any atom is 0.146 e. The summed E-state index contributed by atoms with van der Waals surface area (Å²) in [4.78, 5) is 22.6. The molecular formula is C13H16BrNO2. The van der Waals surface area contributed by atoms with Crippen molar-refractivity contribution in [3.05, 3.63) is 34.3 Å². The molecule has 0 saturated carbocycles. The molecule has 0 fully saturated rings. The van der Waals surface area contributed by atoms with Gasteiger partial charge in [0, 0.05) is 23.7 Å². The summed E-state index contributed by atoms with van der Waals surface area (Å²) >= 11 is 3.34. The lowest BCUT2D eigenvalue weighted by Crippen LogP contribution is -2.13. The second-order valence-electron chi connectivity index (χ2n) is 3.94. The molecule has 0 aromatic heterocycles. The normalized spacial score (nSPS) is 10.2. The monoisotopic (exact) mass is 297 g/mol. The first kappa shape index (κ1) is 14.1. The van der Waals surface area contributed by atoms with E-state index in [-0.39, 0.29) is 18.1 Å². The van der Waals surface area contributed by atoms with Gasteiger partial charge in [-0.25, -0.2) is 0 Å². The van der Waals surface area contributed by atoms with Crippen molar-refractivity contribution in [3.8, 4) is 0 Å². The van der Waals surface area contributed by atoms with Crippen LogP contribution >= 0.6 is 15.9 Å². The number of rotatable bonds is 7. The lowest BCUT2D eigenvalue weighted by atomic mass is 10.0. The van der Waals surface area contributed by atoms with E-state index < -0.39 is 0 Å². The Morgan fingerprint density at radius 2 is 1.65 bits per heavy atom. The summed E-state index contributed by atoms with van der Waals surface area (Å²) in [5.41, 5.74) is 6.19. The van der Waals surface area contributed by atoms with E-state index in [2.05, 4.69) is 15.9 Å². The number of Topliss-reactive ketones (excluding diaryl/α,β-unsaturated/α-hetero) is 2. The number of nitrogens with two attached hydrogens (primary N) is 1. The first-order chi connectivity index (χ1) is 8.11. The zero-order valence-corrected chi connectivity index (χ0v) is 11.2. The van der Waals surface area contributed by atoms with Gasteiger partial charge in [0.15, 0.2) is 0 Å². The van der Waals surface area contributed by atoms with Crippen molar-refractivity contribution in [3.63, 3.8) is 0 Å². The molecule has 0 amide bonds. The lowest BCUT2D eigenvalue weighted by Gasteiger charge is -2.01. The van der Waals surface area contributed by atoms with Crippen LogP contribution in [0.5, 0.6) is 0 Å². The molecule has 0 aliphatic heterocycles. The molecule has 17 heavy (non-hydrogen) atoms. The Kier molecular flexibility index (Phi) is 6.08. The van der Waals surface area contributed by atoms with Gasteiger partial charge in [-0.1, -0.05) is 28.1 Å². The van der Waals surface area contributed by atoms with E-state index in [4.69, 9.17) is 5.73 Å². The predicted octanol–water partition coefficient (Wildman–Crippen LogP) is 2.26. The largest absolute Gasteiger partial charge is 0.324 e. The van der Waals surface area contributed by atoms with Crippen molar-refractivity contribution in [1.82, 2.24) is 0 Å². The highest BCUT2D eigenvalue weighted by Gasteiger charge is 2.05. The van der Waals surface area contributed by atoms with Crippen LogP contribution in [0.3, 0.4) is 0 Å². The number of hydrogen-bond donors (Lipinski definition) is 1. The summed E-state index contributed by atoms with van der Waals surface area (Å²) < 4.78 is 1.00. The molecule has 0 atom stereocenters. The molecule has 0 spiro atoms. The smallest absolute Gasteiger partial charge is 0.146 e. The summed E-state index contributed by atoms with van der Waals surface area (Å²) in [6.07, 6.45) is 1.89. The average molecular weight is 298 g/mol. The quantitative estimate of drug-likeness (QED) is 0.840. The maximum atomic E-state index is 11.6. The lowest BCUT2D eigenvalue weighted by molar-refractivity contribution is -0.119. The van der Waals surface area contributed by atoms with Crippen LogP contribution in [0.1, 0.15) is 24.8 Å². The van der Waals surface area contributed by atoms with Crippen molar-refractivity contribution >= 4 is 27.5 Å². The molecule has 0 saturated heterocycles. The Hall–Kier alpha value is -1.000. The first-order valence-corrected chi connectivity index (χ1v) is 6.39. The molecule has 1 rings (SSSR count). The minimum atomic E-state index is 0.0152. The van der Waals surface area contributed by atoms with Crippen LogP contribution in [-0.2, 0) is 16.0 Å². The SMILES string of the molecule is NCC(=O)CCCC(=O)Cc1ccc(Br)cc1. The summed E-state index contributed by atoms with van der Waals surface area (Å²) in [7, 11) is 0. The topological polar surface area (TPSA) is 60.2 Å². The van der Waals surface area contributed by atoms with Gasteiger partial charge in [-0.2, -0.15) is 0 Å². The highest BCUT2D eigenvalue weighted by Crippen LogP contribution is 2.12. The molecule has 2 N–H and O–H groups in total. The van der Waals surface area contributed by atoms with Crippen molar-refractivity contribution in [1.29, 1.82) is 0 Å². The van der Waals surface area contributed by atoms with E-state index in [1.807, 2.05) is 24.3 Å². The minimum Gasteiger partial charge on any atom is -0.324 e. The van der Waals surface area contributed by atoms with Crippen molar-refractivity contribution in [2.75, 3.05) is 6.54 Å². The molecule has 4 heteroatoms. The number of carbonyl (C=O) groups is 2. The molecule has 0 heterocycles. The Labute approximate surface area is 110 Å². The number of benzene rings is 1. The summed E-state index contributed by atoms with van der Waals surface area (Å²) in [6.45, 7) is 0.0703. The van der Waals surface area contributed by atoms with Crippen LogP contribution in [0.15, 0.2) is 28.7 Å². The van der Waals surface area contributed by atoms with E-state index in [0.29, 0.717) is 25.7 Å². The predicted molar refractivity (Wildman–Crippen MR) is 70.8 cm³/mol. The van der Waals surface area contributed by atoms with Crippen LogP contribution in [0, 0.1) is 0 Å². The van der Waals surface area contributed by atoms with E-state index in [1.54, 1.807) is 0 Å². The molecule has 0 aliphatic rings. The molecule has 1 aromatic rings. The van der Waals surface area contributed by atoms with Gasteiger partial charge in [0.2, 0.25) is 0 Å². The zero-order chi connectivity index (χ0) is 12.7. The Bertz CT molecular complexity index is 387. The van der Waals surface area contributed by atoms with Crippen LogP contribution in [0.4, 0.5) is 0 Å². The number of carbonyl (C=O) groups excluding carboxylic acids is 2. The van der Waals surface area contributed by atoms with Crippen molar-refractivity contribution in [2.24, 2.45) is 5.73 Å². The van der Waals surface area contributed by atoms with E-state index in [9.17, 15) is 9.59 Å². The minimum absolute atomic E-state index is 0.0152. The van der Waals surface area contributed by atoms with E-state index in [1.165, 1.54) is 0 Å². The molecule has 0 unspecified atom stereocenters. The molecular weight excluding hydrogens is 282 g/mol. The van der Waals surface area contributed by atoms with Gasteiger partial charge in [-0.05, 0) is 24.1 Å². The van der Waals surface area contributed by atoms with Gasteiger partial charge >= 0.3 is 0 Å². The fourth-order valence-electron chi connectivity index (χ4n) is 1.50. The van der Waals surface area contributed by atoms with Gasteiger partial charge in [0.1, 0.15) is 11.6 Å². The standard InChI is InChI=1S/C13H16BrNO2/c14-11-6-4-10(5-7-11)8-12(16)2-1-3-13(17)9-15/h4-7H,1-3,8-9,15H2. The Morgan fingerprint density at radius 1 is 1.06 bits per heavy atom. The second kappa shape index (κ2) is 7.35. The number of hydrogen-bond acceptors (Lipinski definition) is 3. The van der Waals surface area contributed by atoms with Crippen molar-refractivity contribution in [2.45, 2.75) is 25.7 Å². The molecule has 0 aliphatic carbocycles. The highest BCUT2D eigenvalue weighted by atomic mass is 79.9. The van der Waals surface area contributed by atoms with Crippen LogP contribution in [0.2, 0.25) is 0 Å². The van der Waals surface area contributed by atoms with Crippen LogP contribution < -0.4 is 5.73 Å². The third-order valence-electron chi connectivity index (χ3n) is 2.45. The third kappa shape index (κ3) is 5.75. The maximum absolute atomic E-state index is 11.6. The van der Waals surface area contributed by atoms with Crippen LogP contribution in [-0.4, -0.2) is 18.1 Å². The van der Waals surface area contributed by atoms with Crippen LogP contribution in [0.25, 0.3) is 0 Å². The number of halogens is 1. The first-order valence-electron chi connectivity index (χ1n) is 5.59. The molecule has 3 nitrogen and oxygen atoms in total. The van der Waals surface area contributed by atoms with Crippen molar-refractivity contribution < 1.29 is 9.59 Å². The second-order valence-corrected chi connectivity index (χ2v) is 4.85. The molecule has 0 radical (unpaired) electrons. The summed E-state index contributed by atoms with van der Waals surface area (Å²) in [5, 5.41) is 0. The fraction of sp³-hybridized carbons (Fsp3) is 0.385. The molecule has 0 bridgehead atoms. The van der Waals surface area contributed by atoms with Gasteiger partial charge in [0.25, 0.3) is 0 Å². The number of ketones is 2. The summed E-state index contributed by atoms with van der Waals surface area (Å²) in [6, 6.07) is 7.68. The average Bonchev–Trinajstić information content (AvgIpc) is 2.32. The van der Waals surface area contributed by atoms with Gasteiger partial charge in [0.05, 0.1) is 6.54 Å². The highest BCUT2D eigenvalue weighted by molar-refractivity contribution is 9.10. The van der Waals surface area contributed by atoms with Gasteiger partial charge < -0.3 is 5.73 Å².